The van der Waals surface area contributed by atoms with E-state index in [0.29, 0.717) is 32.5 Å². The summed E-state index contributed by atoms with van der Waals surface area (Å²) in [6, 6.07) is 0. The molecule has 0 nitrogen and oxygen atoms in total. The molecule has 0 heterocycles. The van der Waals surface area contributed by atoms with E-state index >= 15 is 0 Å². The molecule has 0 fully saturated rings. The van der Waals surface area contributed by atoms with E-state index in [-0.39, 0.29) is 0 Å². The fraction of sp³-hybridized carbons (Fsp3) is 1.00. The van der Waals surface area contributed by atoms with Crippen molar-refractivity contribution in [3.63, 3.8) is 0 Å². The molecule has 0 amide bonds. The Kier molecular flexibility index (Phi) is 104. The van der Waals surface area contributed by atoms with Gasteiger partial charge in [-0.25, -0.2) is 0 Å². The van der Waals surface area contributed by atoms with Crippen molar-refractivity contribution in [1.82, 2.24) is 0 Å². The minimum Gasteiger partial charge on any atom is -0.0654 e. The van der Waals surface area contributed by atoms with Crippen LogP contribution in [0.1, 0.15) is 680 Å². The van der Waals surface area contributed by atoms with Gasteiger partial charge in [-0.3, -0.25) is 0 Å². The Morgan fingerprint density at radius 3 is 0.255 bits per heavy atom. The van der Waals surface area contributed by atoms with E-state index in [4.69, 9.17) is 0 Å². The van der Waals surface area contributed by atoms with Crippen LogP contribution in [0.15, 0.2) is 0 Å². The van der Waals surface area contributed by atoms with Crippen LogP contribution < -0.4 is 0 Å². The fourth-order valence-corrected chi connectivity index (χ4v) is 16.6. The van der Waals surface area contributed by atoms with Gasteiger partial charge in [0.15, 0.2) is 0 Å². The van der Waals surface area contributed by atoms with Gasteiger partial charge >= 0.3 is 0 Å². The first-order valence-electron chi connectivity index (χ1n) is 52.7. The topological polar surface area (TPSA) is 0 Å². The smallest absolute Gasteiger partial charge is 0.0354 e. The van der Waals surface area contributed by atoms with Crippen LogP contribution in [0.4, 0.5) is 0 Å². The van der Waals surface area contributed by atoms with Gasteiger partial charge in [-0.1, -0.05) is 603 Å². The predicted molar refractivity (Wildman–Crippen MR) is 520 cm³/mol. The third-order valence-corrected chi connectivity index (χ3v) is 25.5. The van der Waals surface area contributed by atoms with E-state index in [1.54, 1.807) is 0 Å². The predicted octanol–water partition coefficient (Wildman–Crippen LogP) is 43.5. The SMILES string of the molecule is CCCCCCC(C)(C)CCCC.CCCCCCCC(C)(C)CCCCC.CCCCCCCCC(C)(C)CCCCCC.CCCCCCCCCC(C)(C)CCCCCCC.CCCCCCCCCCC(C)(C)CCCCCCCC.CCCCCCCCCCCCC(C)(C)CCCCCCCCCC. The van der Waals surface area contributed by atoms with Crippen molar-refractivity contribution >= 4 is 0 Å². The van der Waals surface area contributed by atoms with Gasteiger partial charge in [0.2, 0.25) is 0 Å². The zero-order chi connectivity index (χ0) is 83.6. The lowest BCUT2D eigenvalue weighted by molar-refractivity contribution is 0.282. The largest absolute Gasteiger partial charge is 0.0654 e. The molecule has 0 aromatic rings. The summed E-state index contributed by atoms with van der Waals surface area (Å²) < 4.78 is 0. The second kappa shape index (κ2) is 94.5. The summed E-state index contributed by atoms with van der Waals surface area (Å²) in [5.41, 5.74) is 3.56. The minimum absolute atomic E-state index is 0.586. The van der Waals surface area contributed by atoms with Crippen LogP contribution in [0.3, 0.4) is 0 Å². The van der Waals surface area contributed by atoms with Gasteiger partial charge in [0.05, 0.1) is 0 Å². The second-order valence-corrected chi connectivity index (χ2v) is 41.8. The molecule has 0 radical (unpaired) electrons. The van der Waals surface area contributed by atoms with Gasteiger partial charge in [0.1, 0.15) is 0 Å². The molecule has 0 bridgehead atoms. The Morgan fingerprint density at radius 2 is 0.145 bits per heavy atom. The summed E-state index contributed by atoms with van der Waals surface area (Å²) in [4.78, 5) is 0. The molecule has 0 aromatic carbocycles. The van der Waals surface area contributed by atoms with Gasteiger partial charge in [-0.2, -0.15) is 0 Å². The molecular weight excluding hydrogens is 1320 g/mol. The minimum atomic E-state index is 0.586. The van der Waals surface area contributed by atoms with Crippen LogP contribution in [-0.2, 0) is 0 Å². The zero-order valence-electron chi connectivity index (χ0n) is 83.6. The van der Waals surface area contributed by atoms with Crippen molar-refractivity contribution in [1.29, 1.82) is 0 Å². The average molecular weight is 1560 g/mol. The van der Waals surface area contributed by atoms with E-state index in [2.05, 4.69) is 166 Å². The molecule has 0 unspecified atom stereocenters. The van der Waals surface area contributed by atoms with E-state index in [0.717, 1.165) is 0 Å². The third-order valence-electron chi connectivity index (χ3n) is 25.5. The van der Waals surface area contributed by atoms with Crippen LogP contribution in [-0.4, -0.2) is 0 Å². The van der Waals surface area contributed by atoms with Crippen molar-refractivity contribution in [3.8, 4) is 0 Å². The average Bonchev–Trinajstić information content (AvgIpc) is 0.981. The zero-order valence-corrected chi connectivity index (χ0v) is 83.6. The van der Waals surface area contributed by atoms with E-state index in [1.165, 1.54) is 514 Å². The summed E-state index contributed by atoms with van der Waals surface area (Å²) >= 11 is 0. The molecule has 0 rings (SSSR count). The number of unbranched alkanes of at least 4 members (excludes halogenated alkanes) is 56. The van der Waals surface area contributed by atoms with Crippen molar-refractivity contribution in [2.45, 2.75) is 680 Å². The van der Waals surface area contributed by atoms with Crippen molar-refractivity contribution in [3.05, 3.63) is 0 Å². The number of rotatable bonds is 80. The fourth-order valence-electron chi connectivity index (χ4n) is 16.6. The normalized spacial score (nSPS) is 12.0. The van der Waals surface area contributed by atoms with E-state index in [9.17, 15) is 0 Å². The molecule has 0 aliphatic carbocycles. The molecule has 672 valence electrons. The van der Waals surface area contributed by atoms with Crippen molar-refractivity contribution < 1.29 is 0 Å². The lowest BCUT2D eigenvalue weighted by Gasteiger charge is -2.24. The maximum Gasteiger partial charge on any atom is -0.0354 e. The quantitative estimate of drug-likeness (QED) is 0.0533. The Morgan fingerprint density at radius 1 is 0.0818 bits per heavy atom. The summed E-state index contributed by atoms with van der Waals surface area (Å²) in [5, 5.41) is 0. The molecule has 0 aromatic heterocycles. The molecule has 0 aliphatic heterocycles. The van der Waals surface area contributed by atoms with Crippen LogP contribution in [0.2, 0.25) is 0 Å². The van der Waals surface area contributed by atoms with Crippen LogP contribution in [0.25, 0.3) is 0 Å². The van der Waals surface area contributed by atoms with Gasteiger partial charge in [0.25, 0.3) is 0 Å². The molecular formula is C110H232. The highest BCUT2D eigenvalue weighted by molar-refractivity contribution is 4.74. The van der Waals surface area contributed by atoms with E-state index < -0.39 is 0 Å². The van der Waals surface area contributed by atoms with Crippen LogP contribution in [0, 0.1) is 32.5 Å². The Labute approximate surface area is 708 Å². The summed E-state index contributed by atoms with van der Waals surface area (Å²) in [7, 11) is 0. The Balaban J connectivity index is -0.000000298. The highest BCUT2D eigenvalue weighted by Gasteiger charge is 2.21. The summed E-state index contributed by atoms with van der Waals surface area (Å²) in [5.74, 6) is 0. The third kappa shape index (κ3) is 114. The van der Waals surface area contributed by atoms with Gasteiger partial charge in [-0.05, 0) is 110 Å². The van der Waals surface area contributed by atoms with Crippen LogP contribution in [0.5, 0.6) is 0 Å². The molecule has 0 atom stereocenters. The molecule has 0 aliphatic rings. The lowest BCUT2D eigenvalue weighted by atomic mass is 9.81. The van der Waals surface area contributed by atoms with Gasteiger partial charge in [0, 0.05) is 0 Å². The highest BCUT2D eigenvalue weighted by Crippen LogP contribution is 2.36. The first-order chi connectivity index (χ1) is 52.7. The maximum atomic E-state index is 2.50. The highest BCUT2D eigenvalue weighted by atomic mass is 14.3. The molecule has 0 saturated carbocycles. The van der Waals surface area contributed by atoms with Crippen LogP contribution >= 0.6 is 0 Å². The Bertz CT molecular complexity index is 1570. The lowest BCUT2D eigenvalue weighted by Crippen LogP contribution is -2.11. The maximum absolute atomic E-state index is 2.50. The summed E-state index contributed by atoms with van der Waals surface area (Å²) in [6.07, 6.45) is 115. The Hall–Kier alpha value is 0. The van der Waals surface area contributed by atoms with Gasteiger partial charge < -0.3 is 0 Å². The second-order valence-electron chi connectivity index (χ2n) is 41.8. The molecule has 0 heteroatoms. The molecule has 110 heavy (non-hydrogen) atoms. The summed E-state index contributed by atoms with van der Waals surface area (Å²) in [6.45, 7) is 57.1. The monoisotopic (exact) mass is 1550 g/mol. The van der Waals surface area contributed by atoms with Crippen molar-refractivity contribution in [2.75, 3.05) is 0 Å². The first-order valence-corrected chi connectivity index (χ1v) is 52.7. The first kappa shape index (κ1) is 121. The van der Waals surface area contributed by atoms with Crippen molar-refractivity contribution in [2.24, 2.45) is 32.5 Å². The van der Waals surface area contributed by atoms with Gasteiger partial charge in [-0.15, -0.1) is 0 Å². The molecule has 0 spiro atoms. The standard InChI is InChI=1S/C25H52.C21H44.C19H40.C17H36.C15H32.C13H28/c1-5-7-9-11-13-15-16-18-20-22-24-25(3,4)23-21-19-17-14-12-10-8-6-2;1-5-7-9-11-13-14-16-18-20-21(3,4)19-17-15-12-10-8-6-2;1-5-7-9-11-12-14-16-18-19(3,4)17-15-13-10-8-6-2;1-5-7-9-11-12-14-16-17(3,4)15-13-10-8-6-2;1-5-7-9-10-12-14-15(3,4)13-11-8-6-2;1-5-7-9-10-12-13(3,4)11-8-6-2/h5-24H2,1-4H3;5-20H2,1-4H3;5-18H2,1-4H3;5-16H2,1-4H3;5-14H2,1-4H3;5-12H2,1-4H3. The number of hydrogen-bond acceptors (Lipinski definition) is 0. The van der Waals surface area contributed by atoms with E-state index in [1.807, 2.05) is 0 Å². The molecule has 0 N–H and O–H groups in total. The number of hydrogen-bond donors (Lipinski definition) is 0. The molecule has 0 saturated heterocycles.